The van der Waals surface area contributed by atoms with Gasteiger partial charge in [-0.25, -0.2) is 12.8 Å². The van der Waals surface area contributed by atoms with Crippen molar-refractivity contribution in [3.05, 3.63) is 93.8 Å². The molecule has 1 atom stereocenters. The predicted octanol–water partition coefficient (Wildman–Crippen LogP) is 4.97. The van der Waals surface area contributed by atoms with E-state index in [2.05, 4.69) is 5.32 Å². The van der Waals surface area contributed by atoms with Crippen LogP contribution in [-0.2, 0) is 26.2 Å². The molecule has 0 aliphatic heterocycles. The van der Waals surface area contributed by atoms with Gasteiger partial charge in [0.15, 0.2) is 0 Å². The number of aryl methyl sites for hydroxylation is 1. The van der Waals surface area contributed by atoms with Crippen molar-refractivity contribution >= 4 is 33.2 Å². The average molecular weight is 629 g/mol. The summed E-state index contributed by atoms with van der Waals surface area (Å²) in [6.07, 6.45) is 0.203. The second kappa shape index (κ2) is 13.8. The van der Waals surface area contributed by atoms with E-state index in [1.807, 2.05) is 0 Å². The summed E-state index contributed by atoms with van der Waals surface area (Å²) in [5, 5.41) is 14.5. The lowest BCUT2D eigenvalue weighted by Gasteiger charge is -2.34. The zero-order valence-electron chi connectivity index (χ0n) is 25.5. The molecule has 0 aliphatic rings. The number of hydrogen-bond donors (Lipinski definition) is 1. The summed E-state index contributed by atoms with van der Waals surface area (Å²) in [4.78, 5) is 39.3. The zero-order valence-corrected chi connectivity index (χ0v) is 26.4. The van der Waals surface area contributed by atoms with Crippen LogP contribution in [0.5, 0.6) is 5.75 Å². The van der Waals surface area contributed by atoms with E-state index >= 15 is 0 Å². The number of anilines is 1. The first-order valence-electron chi connectivity index (χ1n) is 13.8. The number of nitrogens with zero attached hydrogens (tertiary/aromatic N) is 3. The number of carbonyl (C=O) groups is 2. The first kappa shape index (κ1) is 34.0. The number of rotatable bonds is 12. The van der Waals surface area contributed by atoms with Gasteiger partial charge in [-0.05, 0) is 82.1 Å². The number of nitro benzene ring substituents is 1. The Morgan fingerprint density at radius 1 is 1.05 bits per heavy atom. The maximum Gasteiger partial charge on any atom is 0.273 e. The zero-order chi connectivity index (χ0) is 32.8. The Labute approximate surface area is 256 Å². The summed E-state index contributed by atoms with van der Waals surface area (Å²) in [5.41, 5.74) is -0.128. The molecule has 0 heterocycles. The van der Waals surface area contributed by atoms with Crippen molar-refractivity contribution in [2.45, 2.75) is 64.1 Å². The van der Waals surface area contributed by atoms with Gasteiger partial charge < -0.3 is 15.0 Å². The molecule has 11 nitrogen and oxygen atoms in total. The number of benzene rings is 3. The van der Waals surface area contributed by atoms with E-state index in [0.717, 1.165) is 10.4 Å². The fourth-order valence-electron chi connectivity index (χ4n) is 4.51. The van der Waals surface area contributed by atoms with Gasteiger partial charge in [-0.15, -0.1) is 0 Å². The predicted molar refractivity (Wildman–Crippen MR) is 164 cm³/mol. The van der Waals surface area contributed by atoms with Crippen LogP contribution in [0.3, 0.4) is 0 Å². The van der Waals surface area contributed by atoms with Crippen molar-refractivity contribution in [2.24, 2.45) is 0 Å². The van der Waals surface area contributed by atoms with E-state index in [1.54, 1.807) is 27.7 Å². The number of halogens is 1. The summed E-state index contributed by atoms with van der Waals surface area (Å²) < 4.78 is 47.8. The van der Waals surface area contributed by atoms with Gasteiger partial charge in [0.1, 0.15) is 24.2 Å². The highest BCUT2D eigenvalue weighted by Gasteiger charge is 2.35. The lowest BCUT2D eigenvalue weighted by Crippen LogP contribution is -2.55. The van der Waals surface area contributed by atoms with Gasteiger partial charge >= 0.3 is 0 Å². The van der Waals surface area contributed by atoms with Crippen LogP contribution in [-0.4, -0.2) is 55.3 Å². The molecule has 2 amide bonds. The normalized spacial score (nSPS) is 12.2. The molecular formula is C31H37FN4O7S. The molecular weight excluding hydrogens is 591 g/mol. The van der Waals surface area contributed by atoms with Crippen LogP contribution in [0.15, 0.2) is 71.6 Å². The maximum atomic E-state index is 14.1. The molecule has 236 valence electrons. The summed E-state index contributed by atoms with van der Waals surface area (Å²) in [7, 11) is -3.10. The number of carbonyl (C=O) groups excluding carboxylic acids is 2. The first-order valence-corrected chi connectivity index (χ1v) is 15.3. The third-order valence-corrected chi connectivity index (χ3v) is 8.52. The Morgan fingerprint density at radius 3 is 2.18 bits per heavy atom. The molecule has 44 heavy (non-hydrogen) atoms. The molecule has 0 spiro atoms. The van der Waals surface area contributed by atoms with Crippen LogP contribution in [0.1, 0.15) is 45.2 Å². The molecule has 13 heteroatoms. The minimum absolute atomic E-state index is 0.0938. The van der Waals surface area contributed by atoms with E-state index in [9.17, 15) is 32.5 Å². The van der Waals surface area contributed by atoms with E-state index in [-0.39, 0.29) is 29.1 Å². The fraction of sp³-hybridized carbons (Fsp3) is 0.355. The van der Waals surface area contributed by atoms with Crippen LogP contribution >= 0.6 is 0 Å². The van der Waals surface area contributed by atoms with E-state index in [4.69, 9.17) is 4.74 Å². The standard InChI is InChI=1S/C31H37FN4O7S/c1-7-27(30(38)33-31(3,4)5)34(19-22-9-11-23(32)12-10-22)29(37)20-35(24-13-15-25(43-6)16-14-24)44(41,42)26-17-8-21(2)28(18-26)36(39)40/h8-18,27H,7,19-20H2,1-6H3,(H,33,38)/t27-/m0/s1. The number of amides is 2. The molecule has 0 radical (unpaired) electrons. The Balaban J connectivity index is 2.13. The van der Waals surface area contributed by atoms with Gasteiger partial charge in [0.05, 0.1) is 22.6 Å². The molecule has 0 aliphatic carbocycles. The van der Waals surface area contributed by atoms with Gasteiger partial charge in [-0.2, -0.15) is 0 Å². The molecule has 0 bridgehead atoms. The second-order valence-corrected chi connectivity index (χ2v) is 13.1. The molecule has 0 aromatic heterocycles. The van der Waals surface area contributed by atoms with Crippen LogP contribution in [0, 0.1) is 22.9 Å². The quantitative estimate of drug-likeness (QED) is 0.221. The SMILES string of the molecule is CC[C@@H](C(=O)NC(C)(C)C)N(Cc1ccc(F)cc1)C(=O)CN(c1ccc(OC)cc1)S(=O)(=O)c1ccc(C)c([N+](=O)[O-])c1. The number of nitro groups is 1. The van der Waals surface area contributed by atoms with E-state index in [1.165, 1.54) is 79.6 Å². The lowest BCUT2D eigenvalue weighted by molar-refractivity contribution is -0.385. The second-order valence-electron chi connectivity index (χ2n) is 11.2. The Morgan fingerprint density at radius 2 is 1.66 bits per heavy atom. The number of methoxy groups -OCH3 is 1. The van der Waals surface area contributed by atoms with E-state index in [0.29, 0.717) is 11.3 Å². The van der Waals surface area contributed by atoms with Crippen molar-refractivity contribution < 1.29 is 32.1 Å². The lowest BCUT2D eigenvalue weighted by atomic mass is 10.1. The third kappa shape index (κ3) is 8.31. The van der Waals surface area contributed by atoms with Crippen LogP contribution in [0.4, 0.5) is 15.8 Å². The summed E-state index contributed by atoms with van der Waals surface area (Å²) in [6.45, 7) is 7.74. The molecule has 0 saturated heterocycles. The molecule has 0 unspecified atom stereocenters. The summed E-state index contributed by atoms with van der Waals surface area (Å²) in [6, 6.07) is 13.9. The molecule has 0 fully saturated rings. The smallest absolute Gasteiger partial charge is 0.273 e. The topological polar surface area (TPSA) is 139 Å². The summed E-state index contributed by atoms with van der Waals surface area (Å²) in [5.74, 6) is -1.20. The highest BCUT2D eigenvalue weighted by Crippen LogP contribution is 2.29. The monoisotopic (exact) mass is 628 g/mol. The van der Waals surface area contributed by atoms with Gasteiger partial charge in [0.2, 0.25) is 11.8 Å². The van der Waals surface area contributed by atoms with Crippen LogP contribution < -0.4 is 14.4 Å². The Bertz CT molecular complexity index is 1610. The van der Waals surface area contributed by atoms with Crippen molar-refractivity contribution in [3.8, 4) is 5.75 Å². The van der Waals surface area contributed by atoms with Crippen LogP contribution in [0.25, 0.3) is 0 Å². The van der Waals surface area contributed by atoms with Crippen molar-refractivity contribution in [1.29, 1.82) is 0 Å². The van der Waals surface area contributed by atoms with Gasteiger partial charge in [-0.3, -0.25) is 24.0 Å². The average Bonchev–Trinajstić information content (AvgIpc) is 2.95. The van der Waals surface area contributed by atoms with Gasteiger partial charge in [0.25, 0.3) is 15.7 Å². The number of nitrogens with one attached hydrogen (secondary N) is 1. The van der Waals surface area contributed by atoms with Crippen molar-refractivity contribution in [1.82, 2.24) is 10.2 Å². The van der Waals surface area contributed by atoms with E-state index < -0.39 is 56.4 Å². The third-order valence-electron chi connectivity index (χ3n) is 6.75. The van der Waals surface area contributed by atoms with Gasteiger partial charge in [-0.1, -0.05) is 25.1 Å². The van der Waals surface area contributed by atoms with Crippen molar-refractivity contribution in [3.63, 3.8) is 0 Å². The highest BCUT2D eigenvalue weighted by atomic mass is 32.2. The van der Waals surface area contributed by atoms with Crippen LogP contribution in [0.2, 0.25) is 0 Å². The fourth-order valence-corrected chi connectivity index (χ4v) is 5.94. The Hall–Kier alpha value is -4.52. The summed E-state index contributed by atoms with van der Waals surface area (Å²) >= 11 is 0. The number of sulfonamides is 1. The number of ether oxygens (including phenoxy) is 1. The molecule has 3 rings (SSSR count). The highest BCUT2D eigenvalue weighted by molar-refractivity contribution is 7.92. The molecule has 0 saturated carbocycles. The van der Waals surface area contributed by atoms with Gasteiger partial charge in [0, 0.05) is 23.7 Å². The first-order chi connectivity index (χ1) is 20.6. The Kier molecular flexibility index (Phi) is 10.7. The maximum absolute atomic E-state index is 14.1. The molecule has 1 N–H and O–H groups in total. The largest absolute Gasteiger partial charge is 0.497 e. The number of hydrogen-bond acceptors (Lipinski definition) is 7. The molecule has 3 aromatic carbocycles. The van der Waals surface area contributed by atoms with Crippen molar-refractivity contribution in [2.75, 3.05) is 18.0 Å². The molecule has 3 aromatic rings. The minimum Gasteiger partial charge on any atom is -0.497 e. The minimum atomic E-state index is -4.54.